The average molecular weight is 650 g/mol. The van der Waals surface area contributed by atoms with Crippen LogP contribution in [0.1, 0.15) is 47.2 Å². The first kappa shape index (κ1) is 28.6. The Morgan fingerprint density at radius 1 is 0.353 bits per heavy atom. The number of hydrogen-bond donors (Lipinski definition) is 0. The van der Waals surface area contributed by atoms with Crippen molar-refractivity contribution >= 4 is 27.8 Å². The molecule has 51 heavy (non-hydrogen) atoms. The maximum Gasteiger partial charge on any atom is 0.0726 e. The van der Waals surface area contributed by atoms with E-state index < -0.39 is 0 Å². The third kappa shape index (κ3) is 3.71. The lowest BCUT2D eigenvalue weighted by Crippen LogP contribution is -2.36. The van der Waals surface area contributed by atoms with Gasteiger partial charge in [0.05, 0.1) is 5.41 Å². The molecule has 11 rings (SSSR count). The van der Waals surface area contributed by atoms with Crippen LogP contribution in [0.15, 0.2) is 176 Å². The molecule has 0 bridgehead atoms. The molecule has 0 amide bonds. The third-order valence-electron chi connectivity index (χ3n) is 12.0. The van der Waals surface area contributed by atoms with E-state index in [1.54, 1.807) is 0 Å². The van der Waals surface area contributed by atoms with Gasteiger partial charge in [-0.3, -0.25) is 0 Å². The highest BCUT2D eigenvalue weighted by molar-refractivity contribution is 6.05. The summed E-state index contributed by atoms with van der Waals surface area (Å²) in [5.41, 5.74) is 19.2. The molecule has 8 aromatic carbocycles. The number of benzene rings is 8. The van der Waals surface area contributed by atoms with Gasteiger partial charge in [0.1, 0.15) is 0 Å². The molecule has 3 aliphatic rings. The summed E-state index contributed by atoms with van der Waals surface area (Å²) in [6.07, 6.45) is 0. The van der Waals surface area contributed by atoms with E-state index in [1.165, 1.54) is 83.2 Å². The summed E-state index contributed by atoms with van der Waals surface area (Å²) in [5.74, 6) is 0. The Bertz CT molecular complexity index is 2690. The monoisotopic (exact) mass is 649 g/mol. The first-order valence-corrected chi connectivity index (χ1v) is 18.0. The summed E-state index contributed by atoms with van der Waals surface area (Å²) in [7, 11) is 0. The molecule has 0 radical (unpaired) electrons. The van der Waals surface area contributed by atoms with Crippen LogP contribution in [0.4, 0.5) is 17.1 Å². The average Bonchev–Trinajstić information content (AvgIpc) is 3.61. The lowest BCUT2D eigenvalue weighted by atomic mass is 9.58. The fraction of sp³-hybridized carbons (Fsp3) is 0.0800. The molecule has 0 aliphatic heterocycles. The molecular weight excluding hydrogens is 615 g/mol. The lowest BCUT2D eigenvalue weighted by Gasteiger charge is -2.43. The van der Waals surface area contributed by atoms with Crippen LogP contribution in [-0.2, 0) is 10.8 Å². The van der Waals surface area contributed by atoms with Gasteiger partial charge < -0.3 is 4.90 Å². The Labute approximate surface area is 299 Å². The molecule has 8 aromatic rings. The standard InChI is InChI=1S/C50H35N/c1-49(2)42-21-8-6-19-38(42)40-27-25-36(30-46(40)49)51(35-18-10-17-34(29-35)32-13-4-3-5-14-32)37-26-28-41-39-20-7-9-22-43(39)50(47(41)31-37)44-23-11-15-33-16-12-24-45(50)48(33)44/h3-31H,1-2H3. The quantitative estimate of drug-likeness (QED) is 0.183. The third-order valence-corrected chi connectivity index (χ3v) is 12.0. The highest BCUT2D eigenvalue weighted by atomic mass is 15.1. The predicted molar refractivity (Wildman–Crippen MR) is 212 cm³/mol. The summed E-state index contributed by atoms with van der Waals surface area (Å²) in [5, 5.41) is 2.72. The van der Waals surface area contributed by atoms with Crippen molar-refractivity contribution in [2.45, 2.75) is 24.7 Å². The van der Waals surface area contributed by atoms with Gasteiger partial charge >= 0.3 is 0 Å². The molecule has 0 saturated carbocycles. The van der Waals surface area contributed by atoms with Crippen molar-refractivity contribution < 1.29 is 0 Å². The normalized spacial score (nSPS) is 14.8. The minimum atomic E-state index is -0.294. The molecule has 0 N–H and O–H groups in total. The van der Waals surface area contributed by atoms with Crippen LogP contribution in [0, 0.1) is 0 Å². The molecule has 3 aliphatic carbocycles. The Morgan fingerprint density at radius 3 is 1.59 bits per heavy atom. The maximum absolute atomic E-state index is 2.49. The van der Waals surface area contributed by atoms with Crippen molar-refractivity contribution in [3.05, 3.63) is 209 Å². The maximum atomic E-state index is 2.49. The van der Waals surface area contributed by atoms with E-state index in [0.29, 0.717) is 0 Å². The Balaban J connectivity index is 1.15. The largest absolute Gasteiger partial charge is 0.310 e. The van der Waals surface area contributed by atoms with Crippen LogP contribution in [0.2, 0.25) is 0 Å². The van der Waals surface area contributed by atoms with Gasteiger partial charge in [0.15, 0.2) is 0 Å². The Morgan fingerprint density at radius 2 is 0.863 bits per heavy atom. The van der Waals surface area contributed by atoms with E-state index in [2.05, 4.69) is 195 Å². The van der Waals surface area contributed by atoms with Crippen LogP contribution in [0.25, 0.3) is 44.2 Å². The van der Waals surface area contributed by atoms with Crippen molar-refractivity contribution in [2.24, 2.45) is 0 Å². The molecule has 0 heterocycles. The molecule has 1 spiro atoms. The molecule has 0 fully saturated rings. The van der Waals surface area contributed by atoms with Crippen molar-refractivity contribution in [2.75, 3.05) is 4.90 Å². The van der Waals surface area contributed by atoms with Crippen LogP contribution in [0.5, 0.6) is 0 Å². The lowest BCUT2D eigenvalue weighted by molar-refractivity contribution is 0.660. The van der Waals surface area contributed by atoms with E-state index in [4.69, 9.17) is 0 Å². The first-order valence-electron chi connectivity index (χ1n) is 18.0. The van der Waals surface area contributed by atoms with Crippen LogP contribution in [-0.4, -0.2) is 0 Å². The molecule has 0 atom stereocenters. The molecule has 0 saturated heterocycles. The number of nitrogens with zero attached hydrogens (tertiary/aromatic N) is 1. The van der Waals surface area contributed by atoms with Crippen molar-refractivity contribution in [1.82, 2.24) is 0 Å². The summed E-state index contributed by atoms with van der Waals surface area (Å²) in [4.78, 5) is 2.48. The smallest absolute Gasteiger partial charge is 0.0726 e. The van der Waals surface area contributed by atoms with E-state index in [0.717, 1.165) is 11.4 Å². The first-order chi connectivity index (χ1) is 25.0. The summed E-state index contributed by atoms with van der Waals surface area (Å²) in [6.45, 7) is 4.74. The number of anilines is 3. The van der Waals surface area contributed by atoms with E-state index in [-0.39, 0.29) is 10.8 Å². The number of fused-ring (bicyclic) bond motifs is 10. The summed E-state index contributed by atoms with van der Waals surface area (Å²) >= 11 is 0. The van der Waals surface area contributed by atoms with Gasteiger partial charge in [-0.15, -0.1) is 0 Å². The van der Waals surface area contributed by atoms with E-state index in [9.17, 15) is 0 Å². The highest BCUT2D eigenvalue weighted by Crippen LogP contribution is 2.64. The van der Waals surface area contributed by atoms with Crippen molar-refractivity contribution in [3.63, 3.8) is 0 Å². The Kier molecular flexibility index (Phi) is 5.72. The van der Waals surface area contributed by atoms with Gasteiger partial charge in [-0.25, -0.2) is 0 Å². The SMILES string of the molecule is CC1(C)c2ccccc2-c2ccc(N(c3cccc(-c4ccccc4)c3)c3ccc4c(c3)C3(c5ccccc5-4)c4cccc5cccc3c45)cc21. The van der Waals surface area contributed by atoms with Crippen LogP contribution >= 0.6 is 0 Å². The topological polar surface area (TPSA) is 3.24 Å². The minimum Gasteiger partial charge on any atom is -0.310 e. The molecule has 0 aromatic heterocycles. The van der Waals surface area contributed by atoms with Gasteiger partial charge in [0.25, 0.3) is 0 Å². The summed E-state index contributed by atoms with van der Waals surface area (Å²) < 4.78 is 0. The van der Waals surface area contributed by atoms with Gasteiger partial charge in [0.2, 0.25) is 0 Å². The second-order valence-corrected chi connectivity index (χ2v) is 14.9. The zero-order valence-corrected chi connectivity index (χ0v) is 28.7. The number of rotatable bonds is 4. The van der Waals surface area contributed by atoms with Gasteiger partial charge in [0, 0.05) is 22.5 Å². The van der Waals surface area contributed by atoms with Gasteiger partial charge in [-0.1, -0.05) is 153 Å². The highest BCUT2D eigenvalue weighted by Gasteiger charge is 2.53. The molecule has 1 heteroatoms. The second kappa shape index (κ2) is 10.2. The molecule has 0 unspecified atom stereocenters. The van der Waals surface area contributed by atoms with Crippen molar-refractivity contribution in [1.29, 1.82) is 0 Å². The van der Waals surface area contributed by atoms with Gasteiger partial charge in [-0.05, 0) is 114 Å². The fourth-order valence-electron chi connectivity index (χ4n) is 9.77. The fourth-order valence-corrected chi connectivity index (χ4v) is 9.77. The number of hydrogen-bond acceptors (Lipinski definition) is 1. The Hall–Kier alpha value is -6.18. The van der Waals surface area contributed by atoms with Crippen LogP contribution < -0.4 is 4.90 Å². The second-order valence-electron chi connectivity index (χ2n) is 14.9. The van der Waals surface area contributed by atoms with Crippen molar-refractivity contribution in [3.8, 4) is 33.4 Å². The zero-order valence-electron chi connectivity index (χ0n) is 28.7. The van der Waals surface area contributed by atoms with Crippen LogP contribution in [0.3, 0.4) is 0 Å². The molecule has 240 valence electrons. The molecular formula is C50H35N. The minimum absolute atomic E-state index is 0.0997. The summed E-state index contributed by atoms with van der Waals surface area (Å²) in [6, 6.07) is 65.7. The van der Waals surface area contributed by atoms with Gasteiger partial charge in [-0.2, -0.15) is 0 Å². The predicted octanol–water partition coefficient (Wildman–Crippen LogP) is 13.0. The van der Waals surface area contributed by atoms with E-state index >= 15 is 0 Å². The zero-order chi connectivity index (χ0) is 33.9. The molecule has 1 nitrogen and oxygen atoms in total. The van der Waals surface area contributed by atoms with E-state index in [1.807, 2.05) is 0 Å².